The standard InChI is InChI=1S/C22H18N2O2/c1-14-17-9-7-15(12-25)11-19(17)24(2)22(14)13-23-21-18-6-4-3-5-16(18)8-10-20(21)26-22/h3-11,13,25H,1,12H2,2H3. The third-order valence-corrected chi connectivity index (χ3v) is 5.36. The van der Waals surface area contributed by atoms with Crippen LogP contribution >= 0.6 is 0 Å². The van der Waals surface area contributed by atoms with Crippen molar-refractivity contribution >= 4 is 33.9 Å². The van der Waals surface area contributed by atoms with E-state index in [0.29, 0.717) is 0 Å². The van der Waals surface area contributed by atoms with Gasteiger partial charge in [-0.15, -0.1) is 0 Å². The minimum Gasteiger partial charge on any atom is -0.456 e. The highest BCUT2D eigenvalue weighted by molar-refractivity contribution is 6.06. The summed E-state index contributed by atoms with van der Waals surface area (Å²) < 4.78 is 6.48. The zero-order chi connectivity index (χ0) is 17.9. The second-order valence-electron chi connectivity index (χ2n) is 6.74. The monoisotopic (exact) mass is 342 g/mol. The first kappa shape index (κ1) is 15.2. The van der Waals surface area contributed by atoms with E-state index in [1.54, 1.807) is 0 Å². The molecule has 2 heterocycles. The average Bonchev–Trinajstić information content (AvgIpc) is 2.89. The lowest BCUT2D eigenvalue weighted by Gasteiger charge is -2.38. The molecule has 0 aliphatic carbocycles. The number of nitrogens with zero attached hydrogens (tertiary/aromatic N) is 2. The number of anilines is 1. The van der Waals surface area contributed by atoms with Gasteiger partial charge in [0.1, 0.15) is 11.4 Å². The van der Waals surface area contributed by atoms with Crippen molar-refractivity contribution in [3.8, 4) is 5.75 Å². The number of aliphatic imine (C=N–C) groups is 1. The third-order valence-electron chi connectivity index (χ3n) is 5.36. The van der Waals surface area contributed by atoms with Crippen molar-refractivity contribution in [1.29, 1.82) is 0 Å². The molecular weight excluding hydrogens is 324 g/mol. The maximum atomic E-state index is 9.46. The molecule has 4 nitrogen and oxygen atoms in total. The number of hydrogen-bond acceptors (Lipinski definition) is 4. The van der Waals surface area contributed by atoms with Crippen LogP contribution in [0.15, 0.2) is 66.2 Å². The molecule has 0 aromatic heterocycles. The van der Waals surface area contributed by atoms with E-state index < -0.39 is 5.72 Å². The fraction of sp³-hybridized carbons (Fsp3) is 0.136. The van der Waals surface area contributed by atoms with Crippen LogP contribution in [0.3, 0.4) is 0 Å². The van der Waals surface area contributed by atoms with Gasteiger partial charge in [0.15, 0.2) is 0 Å². The largest absolute Gasteiger partial charge is 0.456 e. The molecule has 2 aliphatic rings. The maximum Gasteiger partial charge on any atom is 0.246 e. The van der Waals surface area contributed by atoms with Crippen molar-refractivity contribution in [3.63, 3.8) is 0 Å². The van der Waals surface area contributed by atoms with Crippen LogP contribution < -0.4 is 9.64 Å². The number of rotatable bonds is 1. The molecule has 0 saturated heterocycles. The molecule has 0 fully saturated rings. The fourth-order valence-corrected chi connectivity index (χ4v) is 3.87. The predicted octanol–water partition coefficient (Wildman–Crippen LogP) is 4.29. The van der Waals surface area contributed by atoms with Crippen molar-refractivity contribution in [2.45, 2.75) is 12.3 Å². The summed E-state index contributed by atoms with van der Waals surface area (Å²) in [7, 11) is 1.97. The number of fused-ring (bicyclic) bond motifs is 4. The van der Waals surface area contributed by atoms with Crippen LogP contribution in [0.25, 0.3) is 16.3 Å². The van der Waals surface area contributed by atoms with Gasteiger partial charge in [0.25, 0.3) is 0 Å². The highest BCUT2D eigenvalue weighted by atomic mass is 16.5. The average molecular weight is 342 g/mol. The van der Waals surface area contributed by atoms with Gasteiger partial charge >= 0.3 is 0 Å². The molecule has 5 rings (SSSR count). The molecule has 0 saturated carbocycles. The van der Waals surface area contributed by atoms with E-state index in [1.807, 2.05) is 54.6 Å². The summed E-state index contributed by atoms with van der Waals surface area (Å²) in [6, 6.07) is 18.1. The Balaban J connectivity index is 1.65. The normalized spacial score (nSPS) is 20.4. The maximum absolute atomic E-state index is 9.46. The molecule has 0 amide bonds. The quantitative estimate of drug-likeness (QED) is 0.718. The van der Waals surface area contributed by atoms with Gasteiger partial charge < -0.3 is 14.7 Å². The van der Waals surface area contributed by atoms with Crippen molar-refractivity contribution in [2.24, 2.45) is 4.99 Å². The lowest BCUT2D eigenvalue weighted by molar-refractivity contribution is 0.209. The Morgan fingerprint density at radius 3 is 2.85 bits per heavy atom. The minimum atomic E-state index is -0.841. The topological polar surface area (TPSA) is 45.1 Å². The summed E-state index contributed by atoms with van der Waals surface area (Å²) in [5, 5.41) is 11.7. The lowest BCUT2D eigenvalue weighted by atomic mass is 9.99. The van der Waals surface area contributed by atoms with Crippen LogP contribution in [0, 0.1) is 0 Å². The van der Waals surface area contributed by atoms with Crippen LogP contribution in [0.2, 0.25) is 0 Å². The van der Waals surface area contributed by atoms with Crippen LogP contribution in [0.4, 0.5) is 11.4 Å². The Morgan fingerprint density at radius 1 is 1.15 bits per heavy atom. The Labute approximate surface area is 151 Å². The van der Waals surface area contributed by atoms with Gasteiger partial charge in [-0.1, -0.05) is 49.0 Å². The third kappa shape index (κ3) is 1.85. The number of benzene rings is 3. The predicted molar refractivity (Wildman–Crippen MR) is 105 cm³/mol. The molecule has 1 N–H and O–H groups in total. The molecule has 1 spiro atoms. The van der Waals surface area contributed by atoms with E-state index in [0.717, 1.165) is 44.6 Å². The van der Waals surface area contributed by atoms with E-state index in [-0.39, 0.29) is 6.61 Å². The molecular formula is C22H18N2O2. The summed E-state index contributed by atoms with van der Waals surface area (Å²) in [5.74, 6) is 0.745. The van der Waals surface area contributed by atoms with Gasteiger partial charge in [-0.05, 0) is 23.1 Å². The second-order valence-corrected chi connectivity index (χ2v) is 6.74. The molecule has 0 radical (unpaired) electrons. The van der Waals surface area contributed by atoms with Crippen LogP contribution in [0.5, 0.6) is 5.75 Å². The van der Waals surface area contributed by atoms with Crippen molar-refractivity contribution in [1.82, 2.24) is 0 Å². The van der Waals surface area contributed by atoms with Gasteiger partial charge in [-0.3, -0.25) is 4.99 Å². The summed E-state index contributed by atoms with van der Waals surface area (Å²) in [4.78, 5) is 6.81. The molecule has 3 aromatic rings. The summed E-state index contributed by atoms with van der Waals surface area (Å²) in [5.41, 5.74) is 3.72. The van der Waals surface area contributed by atoms with E-state index in [1.165, 1.54) is 0 Å². The van der Waals surface area contributed by atoms with Crippen molar-refractivity contribution in [2.75, 3.05) is 11.9 Å². The Kier molecular flexibility index (Phi) is 3.03. The molecule has 3 aromatic carbocycles. The number of aliphatic hydroxyl groups is 1. The highest BCUT2D eigenvalue weighted by Crippen LogP contribution is 2.50. The van der Waals surface area contributed by atoms with E-state index in [9.17, 15) is 5.11 Å². The van der Waals surface area contributed by atoms with Gasteiger partial charge in [0.05, 0.1) is 12.8 Å². The molecule has 1 atom stereocenters. The van der Waals surface area contributed by atoms with Crippen molar-refractivity contribution < 1.29 is 9.84 Å². The number of hydrogen-bond donors (Lipinski definition) is 1. The van der Waals surface area contributed by atoms with E-state index >= 15 is 0 Å². The first-order valence-corrected chi connectivity index (χ1v) is 8.57. The molecule has 4 heteroatoms. The minimum absolute atomic E-state index is 0.00433. The lowest BCUT2D eigenvalue weighted by Crippen LogP contribution is -2.51. The number of aliphatic hydroxyl groups excluding tert-OH is 1. The summed E-state index contributed by atoms with van der Waals surface area (Å²) in [6.45, 7) is 4.30. The zero-order valence-electron chi connectivity index (χ0n) is 14.4. The number of ether oxygens (including phenoxy) is 1. The van der Waals surface area contributed by atoms with E-state index in [2.05, 4.69) is 24.8 Å². The van der Waals surface area contributed by atoms with Crippen LogP contribution in [-0.4, -0.2) is 24.1 Å². The van der Waals surface area contributed by atoms with Crippen LogP contribution in [0.1, 0.15) is 11.1 Å². The molecule has 1 unspecified atom stereocenters. The van der Waals surface area contributed by atoms with Gasteiger partial charge in [0, 0.05) is 29.3 Å². The van der Waals surface area contributed by atoms with Gasteiger partial charge in [-0.2, -0.15) is 0 Å². The second kappa shape index (κ2) is 5.19. The van der Waals surface area contributed by atoms with Gasteiger partial charge in [0.2, 0.25) is 5.72 Å². The summed E-state index contributed by atoms with van der Waals surface area (Å²) >= 11 is 0. The Morgan fingerprint density at radius 2 is 2.00 bits per heavy atom. The molecule has 128 valence electrons. The highest BCUT2D eigenvalue weighted by Gasteiger charge is 2.48. The summed E-state index contributed by atoms with van der Waals surface area (Å²) in [6.07, 6.45) is 1.84. The SMILES string of the molecule is C=C1c2ccc(CO)cc2N(C)C12C=Nc1c(ccc3ccccc13)O2. The smallest absolute Gasteiger partial charge is 0.246 e. The molecule has 26 heavy (non-hydrogen) atoms. The van der Waals surface area contributed by atoms with Crippen LogP contribution in [-0.2, 0) is 6.61 Å². The Bertz CT molecular complexity index is 1100. The zero-order valence-corrected chi connectivity index (χ0v) is 14.4. The molecule has 2 aliphatic heterocycles. The molecule has 0 bridgehead atoms. The first-order valence-electron chi connectivity index (χ1n) is 8.57. The first-order chi connectivity index (χ1) is 12.6. The number of likely N-dealkylation sites (N-methyl/N-ethyl adjacent to an activating group) is 1. The van der Waals surface area contributed by atoms with Gasteiger partial charge in [-0.25, -0.2) is 0 Å². The Hall–Kier alpha value is -3.11. The van der Waals surface area contributed by atoms with Crippen molar-refractivity contribution in [3.05, 3.63) is 72.3 Å². The fourth-order valence-electron chi connectivity index (χ4n) is 3.87. The van der Waals surface area contributed by atoms with E-state index in [4.69, 9.17) is 9.73 Å².